The fourth-order valence-corrected chi connectivity index (χ4v) is 4.21. The minimum Gasteiger partial charge on any atom is -0.480 e. The number of nitrogens with one attached hydrogen (secondary N) is 1. The Morgan fingerprint density at radius 3 is 2.84 bits per heavy atom. The number of nitrogen functional groups attached to an aromatic ring is 1. The maximum absolute atomic E-state index is 11.0. The molecule has 8 N–H and O–H groups in total. The van der Waals surface area contributed by atoms with E-state index in [1.54, 1.807) is 0 Å². The summed E-state index contributed by atoms with van der Waals surface area (Å²) >= 11 is 2.18. The minimum absolute atomic E-state index is 0.0249. The van der Waals surface area contributed by atoms with Gasteiger partial charge in [-0.1, -0.05) is 22.6 Å². The van der Waals surface area contributed by atoms with Crippen LogP contribution in [0.3, 0.4) is 0 Å². The average Bonchev–Trinajstić information content (AvgIpc) is 3.25. The Balaban J connectivity index is 1.84. The molecule has 2 aromatic heterocycles. The number of aliphatic carboxylic acids is 1. The molecule has 0 spiro atoms. The predicted octanol–water partition coefficient (Wildman–Crippen LogP) is -1.07. The van der Waals surface area contributed by atoms with Gasteiger partial charge in [-0.05, 0) is 6.42 Å². The van der Waals surface area contributed by atoms with Gasteiger partial charge >= 0.3 is 11.9 Å². The van der Waals surface area contributed by atoms with E-state index in [-0.39, 0.29) is 35.9 Å². The minimum atomic E-state index is -1.37. The number of azide groups is 1. The number of nitrogens with two attached hydrogens (primary N) is 2. The number of halogens is 1. The molecule has 3 heterocycles. The fraction of sp³-hybridized carbons (Fsp3) is 0.625. The summed E-state index contributed by atoms with van der Waals surface area (Å²) in [7, 11) is 0. The van der Waals surface area contributed by atoms with Gasteiger partial charge in [-0.25, -0.2) is 9.97 Å². The van der Waals surface area contributed by atoms with Gasteiger partial charge < -0.3 is 31.5 Å². The first-order valence-corrected chi connectivity index (χ1v) is 11.2. The molecule has 1 aliphatic rings. The Kier molecular flexibility index (Phi) is 7.99. The van der Waals surface area contributed by atoms with Gasteiger partial charge in [0.25, 0.3) is 10.8 Å². The Bertz CT molecular complexity index is 1010. The number of aliphatic hydroxyl groups is 2. The Labute approximate surface area is 195 Å². The van der Waals surface area contributed by atoms with Crippen LogP contribution in [0.1, 0.15) is 12.6 Å². The van der Waals surface area contributed by atoms with E-state index < -0.39 is 36.6 Å². The summed E-state index contributed by atoms with van der Waals surface area (Å²) in [6.07, 6.45) is -3.13. The summed E-state index contributed by atoms with van der Waals surface area (Å²) < 4.78 is 8.04. The van der Waals surface area contributed by atoms with Gasteiger partial charge in [-0.2, -0.15) is 4.57 Å². The number of alkyl halides is 1. The van der Waals surface area contributed by atoms with Crippen LogP contribution in [-0.2, 0) is 9.53 Å². The first kappa shape index (κ1) is 24.3. The summed E-state index contributed by atoms with van der Waals surface area (Å²) in [6, 6.07) is -1.00. The molecule has 0 aromatic carbocycles. The number of imidazole rings is 1. The molecule has 5 atom stereocenters. The second-order valence-electron chi connectivity index (χ2n) is 7.23. The maximum Gasteiger partial charge on any atom is 0.441 e. The molecule has 0 bridgehead atoms. The Morgan fingerprint density at radius 2 is 2.19 bits per heavy atom. The van der Waals surface area contributed by atoms with E-state index in [9.17, 15) is 15.0 Å². The number of carboxylic acid groups (broad SMARTS) is 1. The maximum atomic E-state index is 11.0. The van der Waals surface area contributed by atoms with E-state index in [4.69, 9.17) is 26.8 Å². The van der Waals surface area contributed by atoms with Crippen LogP contribution in [0.5, 0.6) is 0 Å². The van der Waals surface area contributed by atoms with Crippen molar-refractivity contribution in [2.75, 3.05) is 29.8 Å². The lowest BCUT2D eigenvalue weighted by Gasteiger charge is -2.26. The van der Waals surface area contributed by atoms with Crippen molar-refractivity contribution in [2.45, 2.75) is 37.0 Å². The number of H-pyrrole nitrogens is 1. The largest absolute Gasteiger partial charge is 0.480 e. The lowest BCUT2D eigenvalue weighted by atomic mass is 10.1. The number of carboxylic acids is 1. The summed E-state index contributed by atoms with van der Waals surface area (Å²) in [5.74, 6) is -1.01. The van der Waals surface area contributed by atoms with Crippen LogP contribution in [-0.4, -0.2) is 89.6 Å². The highest BCUT2D eigenvalue weighted by Gasteiger charge is 2.48. The third-order valence-corrected chi connectivity index (χ3v) is 5.68. The van der Waals surface area contributed by atoms with Gasteiger partial charge in [0.2, 0.25) is 6.23 Å². The van der Waals surface area contributed by atoms with Crippen molar-refractivity contribution in [1.29, 1.82) is 0 Å². The number of nitrogens with zero attached hydrogens (tertiary/aromatic N) is 7. The lowest BCUT2D eigenvalue weighted by molar-refractivity contribution is -0.733. The number of anilines is 1. The smallest absolute Gasteiger partial charge is 0.441 e. The number of hydrogen-bond acceptors (Lipinski definition) is 10. The van der Waals surface area contributed by atoms with Crippen LogP contribution in [0.15, 0.2) is 11.4 Å². The van der Waals surface area contributed by atoms with E-state index in [0.717, 1.165) is 4.43 Å². The van der Waals surface area contributed by atoms with E-state index in [2.05, 4.69) is 47.6 Å². The Hall–Kier alpha value is -2.34. The number of fused-ring (bicyclic) bond motifs is 1. The first-order valence-electron chi connectivity index (χ1n) is 9.65. The zero-order chi connectivity index (χ0) is 23.4. The molecule has 32 heavy (non-hydrogen) atoms. The molecule has 0 unspecified atom stereocenters. The monoisotopic (exact) mass is 563 g/mol. The molecule has 15 nitrogen and oxygen atoms in total. The highest BCUT2D eigenvalue weighted by Crippen LogP contribution is 2.30. The topological polar surface area (TPSA) is 236 Å². The third-order valence-electron chi connectivity index (χ3n) is 5.19. The second kappa shape index (κ2) is 10.5. The van der Waals surface area contributed by atoms with Gasteiger partial charge in [-0.15, -0.1) is 4.98 Å². The highest BCUT2D eigenvalue weighted by atomic mass is 127. The summed E-state index contributed by atoms with van der Waals surface area (Å²) in [6.45, 7) is 1.20. The lowest BCUT2D eigenvalue weighted by Crippen LogP contribution is -2.46. The Morgan fingerprint density at radius 1 is 1.44 bits per heavy atom. The molecule has 3 rings (SSSR count). The quantitative estimate of drug-likeness (QED) is 0.0511. The van der Waals surface area contributed by atoms with Crippen molar-refractivity contribution in [3.8, 4) is 0 Å². The van der Waals surface area contributed by atoms with Gasteiger partial charge in [0.05, 0.1) is 0 Å². The zero-order valence-electron chi connectivity index (χ0n) is 16.8. The average molecular weight is 563 g/mol. The molecule has 0 radical (unpaired) electrons. The summed E-state index contributed by atoms with van der Waals surface area (Å²) in [5, 5.41) is 33.9. The number of hydrogen-bond donors (Lipinski definition) is 6. The number of ether oxygens (including phenoxy) is 1. The number of carbonyl (C=O) groups is 1. The molecule has 1 saturated heterocycles. The van der Waals surface area contributed by atoms with Crippen molar-refractivity contribution in [2.24, 2.45) is 10.8 Å². The molecule has 0 saturated carbocycles. The molecule has 1 aliphatic heterocycles. The number of aliphatic hydroxyl groups excluding tert-OH is 2. The normalized spacial score (nSPS) is 24.0. The SMILES string of the molecule is [N-]=[N+]=Nc1[nH]c2c(N)ncnc2[n+]1[C@@H]1O[C@H](CN(CCI)CC[C@H](N)C(=O)O)[C@@H](O)[C@H]1O. The van der Waals surface area contributed by atoms with Crippen LogP contribution in [0.4, 0.5) is 11.8 Å². The van der Waals surface area contributed by atoms with Gasteiger partial charge in [0.15, 0.2) is 22.6 Å². The molecular weight excluding hydrogens is 539 g/mol. The van der Waals surface area contributed by atoms with Gasteiger partial charge in [0.1, 0.15) is 24.4 Å². The van der Waals surface area contributed by atoms with E-state index in [1.165, 1.54) is 10.9 Å². The van der Waals surface area contributed by atoms with Crippen LogP contribution in [0, 0.1) is 0 Å². The zero-order valence-corrected chi connectivity index (χ0v) is 19.0. The van der Waals surface area contributed by atoms with E-state index >= 15 is 0 Å². The standard InChI is InChI=1S/C16H23IN10O5/c17-2-4-26(3-1-7(18)15(30)31)5-8-10(28)11(29)14(32-8)27-13-9(12(19)21-6-22-13)23-16(27)24-25-20/h6-8,10-11,14,28-29H,1-5,18H2,(H3,19,21,22,30,31)/p+1/t7-,8+,10+,11+,14+/m0/s1. The van der Waals surface area contributed by atoms with Gasteiger partial charge in [0, 0.05) is 29.6 Å². The van der Waals surface area contributed by atoms with Crippen molar-refractivity contribution in [3.63, 3.8) is 0 Å². The molecule has 0 aliphatic carbocycles. The summed E-state index contributed by atoms with van der Waals surface area (Å²) in [4.78, 5) is 26.5. The van der Waals surface area contributed by atoms with Crippen LogP contribution >= 0.6 is 22.6 Å². The van der Waals surface area contributed by atoms with Crippen molar-refractivity contribution < 1.29 is 29.4 Å². The molecule has 174 valence electrons. The fourth-order valence-electron chi connectivity index (χ4n) is 3.53. The number of aromatic amines is 1. The first-order chi connectivity index (χ1) is 15.3. The van der Waals surface area contributed by atoms with E-state index in [1.807, 2.05) is 4.90 Å². The summed E-state index contributed by atoms with van der Waals surface area (Å²) in [5.41, 5.74) is 20.9. The predicted molar refractivity (Wildman–Crippen MR) is 119 cm³/mol. The van der Waals surface area contributed by atoms with Crippen LogP contribution < -0.4 is 16.0 Å². The second-order valence-corrected chi connectivity index (χ2v) is 8.31. The molecule has 2 aromatic rings. The number of aromatic nitrogens is 4. The van der Waals surface area contributed by atoms with E-state index in [0.29, 0.717) is 13.1 Å². The number of rotatable bonds is 10. The molecular formula is C16H24IN10O5+. The van der Waals surface area contributed by atoms with Crippen LogP contribution in [0.2, 0.25) is 0 Å². The highest BCUT2D eigenvalue weighted by molar-refractivity contribution is 14.1. The van der Waals surface area contributed by atoms with Gasteiger partial charge in [-0.3, -0.25) is 9.69 Å². The third kappa shape index (κ3) is 5.01. The van der Waals surface area contributed by atoms with Crippen LogP contribution in [0.25, 0.3) is 21.6 Å². The molecule has 0 amide bonds. The van der Waals surface area contributed by atoms with Crippen molar-refractivity contribution in [1.82, 2.24) is 19.9 Å². The molecule has 1 fully saturated rings. The van der Waals surface area contributed by atoms with Crippen molar-refractivity contribution >= 4 is 51.5 Å². The van der Waals surface area contributed by atoms with Crippen molar-refractivity contribution in [3.05, 3.63) is 16.8 Å². The molecule has 16 heteroatoms.